The smallest absolute Gasteiger partial charge is 0.141 e. The second-order valence-corrected chi connectivity index (χ2v) is 13.0. The van der Waals surface area contributed by atoms with Gasteiger partial charge in [-0.15, -0.1) is 0 Å². The van der Waals surface area contributed by atoms with E-state index in [1.54, 1.807) is 0 Å². The lowest BCUT2D eigenvalue weighted by molar-refractivity contribution is 0.704. The summed E-state index contributed by atoms with van der Waals surface area (Å²) in [5.41, 5.74) is 13.1. The number of aryl methyl sites for hydroxylation is 1. The van der Waals surface area contributed by atoms with Crippen LogP contribution in [0.15, 0.2) is 176 Å². The number of hydrogen-bond donors (Lipinski definition) is 0. The third kappa shape index (κ3) is 5.17. The van der Waals surface area contributed by atoms with Crippen molar-refractivity contribution in [2.45, 2.75) is 19.9 Å². The van der Waals surface area contributed by atoms with Gasteiger partial charge in [-0.2, -0.15) is 0 Å². The van der Waals surface area contributed by atoms with Crippen molar-refractivity contribution in [3.8, 4) is 55.9 Å². The Morgan fingerprint density at radius 1 is 0.400 bits per heavy atom. The van der Waals surface area contributed by atoms with E-state index in [1.807, 2.05) is 0 Å². The summed E-state index contributed by atoms with van der Waals surface area (Å²) in [5, 5.41) is 5.07. The molecule has 8 aromatic carbocycles. The largest absolute Gasteiger partial charge is 0.324 e. The average Bonchev–Trinajstić information content (AvgIpc) is 3.55. The molecular weight excluding hydrogens is 605 g/mol. The van der Waals surface area contributed by atoms with E-state index in [0.29, 0.717) is 0 Å². The Morgan fingerprint density at radius 3 is 1.44 bits per heavy atom. The van der Waals surface area contributed by atoms with Gasteiger partial charge in [0.2, 0.25) is 0 Å². The highest BCUT2D eigenvalue weighted by molar-refractivity contribution is 6.22. The summed E-state index contributed by atoms with van der Waals surface area (Å²) in [6.45, 7) is 3.16. The highest BCUT2D eigenvalue weighted by Gasteiger charge is 2.18. The van der Waals surface area contributed by atoms with Crippen molar-refractivity contribution >= 4 is 32.6 Å². The first-order chi connectivity index (χ1) is 24.8. The third-order valence-electron chi connectivity index (χ3n) is 9.93. The molecule has 0 amide bonds. The van der Waals surface area contributed by atoms with Gasteiger partial charge in [-0.1, -0.05) is 165 Å². The Kier molecular flexibility index (Phi) is 7.55. The SMILES string of the molecule is CCCn1c(-c2ccccc2)nc2cc(-c3ccc(-c4ccc5c(-c6ccccc6)c6ccccc6c(-c6ccccc6)c5c4)cc3)ccc21. The van der Waals surface area contributed by atoms with Crippen LogP contribution in [-0.2, 0) is 6.54 Å². The number of benzene rings is 8. The monoisotopic (exact) mass is 640 g/mol. The molecular formula is C48H36N2. The molecule has 0 spiro atoms. The zero-order valence-corrected chi connectivity index (χ0v) is 28.1. The summed E-state index contributed by atoms with van der Waals surface area (Å²) < 4.78 is 2.35. The molecule has 0 aliphatic heterocycles. The Bertz CT molecular complexity index is 2620. The van der Waals surface area contributed by atoms with Gasteiger partial charge in [0.05, 0.1) is 11.0 Å². The van der Waals surface area contributed by atoms with Crippen LogP contribution in [0.3, 0.4) is 0 Å². The number of rotatable bonds is 7. The first kappa shape index (κ1) is 29.9. The van der Waals surface area contributed by atoms with Gasteiger partial charge < -0.3 is 4.57 Å². The lowest BCUT2D eigenvalue weighted by atomic mass is 9.85. The fourth-order valence-electron chi connectivity index (χ4n) is 7.61. The van der Waals surface area contributed by atoms with Crippen LogP contribution in [0.5, 0.6) is 0 Å². The predicted molar refractivity (Wildman–Crippen MR) is 212 cm³/mol. The molecule has 0 radical (unpaired) electrons. The van der Waals surface area contributed by atoms with E-state index in [1.165, 1.54) is 71.6 Å². The predicted octanol–water partition coefficient (Wildman–Crippen LogP) is 13.1. The zero-order chi connectivity index (χ0) is 33.4. The molecule has 0 aliphatic carbocycles. The minimum Gasteiger partial charge on any atom is -0.324 e. The van der Waals surface area contributed by atoms with Gasteiger partial charge in [-0.25, -0.2) is 4.98 Å². The average molecular weight is 641 g/mol. The fraction of sp³-hybridized carbons (Fsp3) is 0.0625. The molecule has 0 atom stereocenters. The zero-order valence-electron chi connectivity index (χ0n) is 28.1. The Balaban J connectivity index is 1.16. The van der Waals surface area contributed by atoms with Gasteiger partial charge in [-0.3, -0.25) is 0 Å². The summed E-state index contributed by atoms with van der Waals surface area (Å²) in [6.07, 6.45) is 1.06. The molecule has 238 valence electrons. The molecule has 1 heterocycles. The van der Waals surface area contributed by atoms with Crippen LogP contribution < -0.4 is 0 Å². The first-order valence-corrected chi connectivity index (χ1v) is 17.5. The Morgan fingerprint density at radius 2 is 0.860 bits per heavy atom. The Labute approximate surface area is 292 Å². The van der Waals surface area contributed by atoms with Crippen LogP contribution in [0.25, 0.3) is 88.5 Å². The minimum atomic E-state index is 0.940. The van der Waals surface area contributed by atoms with E-state index >= 15 is 0 Å². The third-order valence-corrected chi connectivity index (χ3v) is 9.93. The van der Waals surface area contributed by atoms with E-state index in [4.69, 9.17) is 4.98 Å². The van der Waals surface area contributed by atoms with E-state index in [-0.39, 0.29) is 0 Å². The summed E-state index contributed by atoms with van der Waals surface area (Å²) in [6, 6.07) is 63.7. The van der Waals surface area contributed by atoms with E-state index in [9.17, 15) is 0 Å². The Hall–Kier alpha value is -6.25. The molecule has 0 N–H and O–H groups in total. The van der Waals surface area contributed by atoms with E-state index in [2.05, 4.69) is 187 Å². The molecule has 1 aromatic heterocycles. The second kappa shape index (κ2) is 12.7. The van der Waals surface area contributed by atoms with Crippen LogP contribution in [0, 0.1) is 0 Å². The van der Waals surface area contributed by atoms with Crippen LogP contribution in [0.4, 0.5) is 0 Å². The quantitative estimate of drug-likeness (QED) is 0.159. The molecule has 0 saturated carbocycles. The molecule has 9 rings (SSSR count). The summed E-state index contributed by atoms with van der Waals surface area (Å²) >= 11 is 0. The van der Waals surface area contributed by atoms with Crippen molar-refractivity contribution in [2.24, 2.45) is 0 Å². The molecule has 0 unspecified atom stereocenters. The molecule has 9 aromatic rings. The normalized spacial score (nSPS) is 11.5. The van der Waals surface area contributed by atoms with Crippen LogP contribution >= 0.6 is 0 Å². The highest BCUT2D eigenvalue weighted by Crippen LogP contribution is 2.44. The van der Waals surface area contributed by atoms with Crippen molar-refractivity contribution in [3.63, 3.8) is 0 Å². The molecule has 2 heteroatoms. The maximum atomic E-state index is 5.13. The van der Waals surface area contributed by atoms with Crippen molar-refractivity contribution in [2.75, 3.05) is 0 Å². The molecule has 0 bridgehead atoms. The highest BCUT2D eigenvalue weighted by atomic mass is 15.1. The molecule has 50 heavy (non-hydrogen) atoms. The lowest BCUT2D eigenvalue weighted by Gasteiger charge is -2.18. The van der Waals surface area contributed by atoms with Crippen LogP contribution in [0.1, 0.15) is 13.3 Å². The van der Waals surface area contributed by atoms with Crippen LogP contribution in [0.2, 0.25) is 0 Å². The maximum absolute atomic E-state index is 5.13. The van der Waals surface area contributed by atoms with Crippen molar-refractivity contribution in [3.05, 3.63) is 176 Å². The van der Waals surface area contributed by atoms with Crippen molar-refractivity contribution in [1.29, 1.82) is 0 Å². The van der Waals surface area contributed by atoms with Gasteiger partial charge in [0, 0.05) is 12.1 Å². The summed E-state index contributed by atoms with van der Waals surface area (Å²) in [5.74, 6) is 1.03. The maximum Gasteiger partial charge on any atom is 0.141 e. The van der Waals surface area contributed by atoms with Crippen molar-refractivity contribution < 1.29 is 0 Å². The van der Waals surface area contributed by atoms with E-state index in [0.717, 1.165) is 29.9 Å². The van der Waals surface area contributed by atoms with Gasteiger partial charge in [0.25, 0.3) is 0 Å². The number of fused-ring (bicyclic) bond motifs is 3. The number of imidazole rings is 1. The van der Waals surface area contributed by atoms with Gasteiger partial charge in [0.1, 0.15) is 5.82 Å². The second-order valence-electron chi connectivity index (χ2n) is 13.0. The number of nitrogens with zero attached hydrogens (tertiary/aromatic N) is 2. The summed E-state index contributed by atoms with van der Waals surface area (Å²) in [4.78, 5) is 5.13. The van der Waals surface area contributed by atoms with Gasteiger partial charge >= 0.3 is 0 Å². The van der Waals surface area contributed by atoms with Crippen LogP contribution in [-0.4, -0.2) is 9.55 Å². The van der Waals surface area contributed by atoms with Crippen molar-refractivity contribution in [1.82, 2.24) is 9.55 Å². The molecule has 2 nitrogen and oxygen atoms in total. The first-order valence-electron chi connectivity index (χ1n) is 17.5. The fourth-order valence-corrected chi connectivity index (χ4v) is 7.61. The minimum absolute atomic E-state index is 0.940. The lowest BCUT2D eigenvalue weighted by Crippen LogP contribution is -1.99. The standard InChI is InChI=1S/C48H36N2/c1-2-30-50-45-29-27-39(32-44(45)49-48(50)37-18-10-5-11-19-37)34-24-22-33(23-25-34)38-26-28-42-43(31-38)47(36-16-8-4-9-17-36)41-21-13-12-20-40(41)46(42)35-14-6-3-7-15-35/h3-29,31-32H,2,30H2,1H3. The topological polar surface area (TPSA) is 17.8 Å². The summed E-state index contributed by atoms with van der Waals surface area (Å²) in [7, 11) is 0. The molecule has 0 saturated heterocycles. The van der Waals surface area contributed by atoms with Gasteiger partial charge in [-0.05, 0) is 90.7 Å². The molecule has 0 aliphatic rings. The molecule has 0 fully saturated rings. The van der Waals surface area contributed by atoms with E-state index < -0.39 is 0 Å². The van der Waals surface area contributed by atoms with Gasteiger partial charge in [0.15, 0.2) is 0 Å². The number of aromatic nitrogens is 2. The number of hydrogen-bond acceptors (Lipinski definition) is 1.